The summed E-state index contributed by atoms with van der Waals surface area (Å²) >= 11 is 1.44. The summed E-state index contributed by atoms with van der Waals surface area (Å²) in [6.45, 7) is 2.87. The number of halogens is 2. The van der Waals surface area contributed by atoms with Gasteiger partial charge in [-0.25, -0.2) is 13.8 Å². The molecule has 3 aliphatic rings. The van der Waals surface area contributed by atoms with Gasteiger partial charge in [0.25, 0.3) is 11.8 Å². The number of hydrogen-bond donors (Lipinski definition) is 3. The summed E-state index contributed by atoms with van der Waals surface area (Å²) in [7, 11) is 0. The Hall–Kier alpha value is -2.43. The molecule has 2 aliphatic heterocycles. The van der Waals surface area contributed by atoms with E-state index in [0.717, 1.165) is 36.5 Å². The van der Waals surface area contributed by atoms with Crippen LogP contribution in [0.4, 0.5) is 26.0 Å². The van der Waals surface area contributed by atoms with Crippen LogP contribution < -0.4 is 19.8 Å². The summed E-state index contributed by atoms with van der Waals surface area (Å²) in [5.74, 6) is -2.24. The molecular weight excluding hydrogens is 484 g/mol. The van der Waals surface area contributed by atoms with Gasteiger partial charge < -0.3 is 20.2 Å². The van der Waals surface area contributed by atoms with E-state index >= 15 is 0 Å². The molecular formula is C26H33F2N5O2S. The van der Waals surface area contributed by atoms with Gasteiger partial charge in [0.2, 0.25) is 0 Å². The normalized spacial score (nSPS) is 20.4. The summed E-state index contributed by atoms with van der Waals surface area (Å²) in [4.78, 5) is 22.9. The minimum atomic E-state index is -2.62. The van der Waals surface area contributed by atoms with E-state index in [4.69, 9.17) is 5.11 Å². The lowest BCUT2D eigenvalue weighted by Crippen LogP contribution is -2.39. The number of carbonyl (C=O) groups excluding carboxylic acids is 1. The Kier molecular flexibility index (Phi) is 7.37. The van der Waals surface area contributed by atoms with Crippen LogP contribution in [-0.4, -0.2) is 61.3 Å². The molecule has 0 bridgehead atoms. The van der Waals surface area contributed by atoms with E-state index in [2.05, 4.69) is 19.9 Å². The highest BCUT2D eigenvalue weighted by molar-refractivity contribution is 7.97. The van der Waals surface area contributed by atoms with Crippen LogP contribution in [0.3, 0.4) is 0 Å². The highest BCUT2D eigenvalue weighted by Crippen LogP contribution is 2.54. The molecule has 0 unspecified atom stereocenters. The van der Waals surface area contributed by atoms with E-state index in [1.165, 1.54) is 24.8 Å². The van der Waals surface area contributed by atoms with Crippen molar-refractivity contribution in [2.75, 3.05) is 54.4 Å². The number of anilines is 3. The summed E-state index contributed by atoms with van der Waals surface area (Å²) in [6.07, 6.45) is 6.15. The molecule has 10 heteroatoms. The second-order valence-electron chi connectivity index (χ2n) is 10.1. The predicted octanol–water partition coefficient (Wildman–Crippen LogP) is 4.54. The molecule has 194 valence electrons. The largest absolute Gasteiger partial charge is 0.395 e. The number of benzene rings is 1. The summed E-state index contributed by atoms with van der Waals surface area (Å²) < 4.78 is 30.2. The molecule has 3 fully saturated rings. The molecule has 0 atom stereocenters. The van der Waals surface area contributed by atoms with Crippen molar-refractivity contribution < 1.29 is 18.7 Å². The Bertz CT molecular complexity index is 1080. The maximum atomic E-state index is 13.6. The molecule has 1 amide bonds. The van der Waals surface area contributed by atoms with Gasteiger partial charge in [-0.15, -0.1) is 0 Å². The van der Waals surface area contributed by atoms with Crippen LogP contribution in [0.15, 0.2) is 41.4 Å². The first-order valence-corrected chi connectivity index (χ1v) is 13.5. The lowest BCUT2D eigenvalue weighted by molar-refractivity contribution is -0.0221. The van der Waals surface area contributed by atoms with Crippen molar-refractivity contribution in [3.05, 3.63) is 42.1 Å². The third-order valence-electron chi connectivity index (χ3n) is 7.56. The number of aromatic nitrogens is 1. The van der Waals surface area contributed by atoms with Gasteiger partial charge in [0.05, 0.1) is 17.9 Å². The van der Waals surface area contributed by atoms with E-state index in [9.17, 15) is 13.6 Å². The number of aliphatic hydroxyl groups is 1. The summed E-state index contributed by atoms with van der Waals surface area (Å²) in [5, 5.41) is 12.1. The number of amides is 1. The Balaban J connectivity index is 1.32. The van der Waals surface area contributed by atoms with Gasteiger partial charge in [-0.3, -0.25) is 9.52 Å². The highest BCUT2D eigenvalue weighted by atomic mass is 32.2. The first-order chi connectivity index (χ1) is 17.4. The number of hydrogen-bond acceptors (Lipinski definition) is 7. The third-order valence-corrected chi connectivity index (χ3v) is 8.40. The molecule has 1 aliphatic carbocycles. The quantitative estimate of drug-likeness (QED) is 0.350. The van der Waals surface area contributed by atoms with Gasteiger partial charge >= 0.3 is 0 Å². The first-order valence-electron chi connectivity index (χ1n) is 12.7. The van der Waals surface area contributed by atoms with Gasteiger partial charge in [0.1, 0.15) is 5.82 Å². The molecule has 1 aromatic carbocycles. The Labute approximate surface area is 214 Å². The zero-order valence-corrected chi connectivity index (χ0v) is 21.1. The standard InChI is InChI=1S/C26H33F2N5O2S/c27-26(28)8-14-33(15-9-26)23-17-19(3-10-29-23)31-24(35)21-2-1-20(36-30-11-16-34)18-22(21)32-12-6-25(4-5-25)7-13-32/h1-3,10,17-18,30,34H,4-9,11-16H2,(H,29,31,35). The van der Waals surface area contributed by atoms with Crippen LogP contribution in [0.1, 0.15) is 48.9 Å². The molecule has 2 saturated heterocycles. The Morgan fingerprint density at radius 3 is 2.42 bits per heavy atom. The van der Waals surface area contributed by atoms with E-state index < -0.39 is 5.92 Å². The molecule has 3 N–H and O–H groups in total. The van der Waals surface area contributed by atoms with Crippen LogP contribution in [0.5, 0.6) is 0 Å². The van der Waals surface area contributed by atoms with Gasteiger partial charge in [-0.2, -0.15) is 0 Å². The zero-order chi connectivity index (χ0) is 25.2. The number of carbonyl (C=O) groups is 1. The van der Waals surface area contributed by atoms with Crippen molar-refractivity contribution >= 4 is 35.0 Å². The number of pyridine rings is 1. The van der Waals surface area contributed by atoms with Crippen molar-refractivity contribution in [2.24, 2.45) is 5.41 Å². The maximum Gasteiger partial charge on any atom is 0.257 e. The van der Waals surface area contributed by atoms with Crippen molar-refractivity contribution in [1.29, 1.82) is 0 Å². The van der Waals surface area contributed by atoms with Crippen molar-refractivity contribution in [3.8, 4) is 0 Å². The van der Waals surface area contributed by atoms with Crippen molar-refractivity contribution in [1.82, 2.24) is 9.71 Å². The van der Waals surface area contributed by atoms with Gasteiger partial charge in [0.15, 0.2) is 0 Å². The van der Waals surface area contributed by atoms with Crippen LogP contribution >= 0.6 is 11.9 Å². The van der Waals surface area contributed by atoms with Crippen molar-refractivity contribution in [2.45, 2.75) is 49.3 Å². The van der Waals surface area contributed by atoms with E-state index in [1.54, 1.807) is 18.3 Å². The molecule has 7 nitrogen and oxygen atoms in total. The van der Waals surface area contributed by atoms with E-state index in [0.29, 0.717) is 29.0 Å². The van der Waals surface area contributed by atoms with E-state index in [-0.39, 0.29) is 38.4 Å². The zero-order valence-electron chi connectivity index (χ0n) is 20.3. The smallest absolute Gasteiger partial charge is 0.257 e. The molecule has 1 spiro atoms. The van der Waals surface area contributed by atoms with Gasteiger partial charge in [-0.05, 0) is 67.3 Å². The predicted molar refractivity (Wildman–Crippen MR) is 139 cm³/mol. The molecule has 1 aromatic heterocycles. The number of alkyl halides is 2. The Morgan fingerprint density at radius 1 is 1.00 bits per heavy atom. The number of piperidine rings is 2. The number of rotatable bonds is 8. The van der Waals surface area contributed by atoms with Gasteiger partial charge in [0, 0.05) is 68.4 Å². The van der Waals surface area contributed by atoms with Gasteiger partial charge in [-0.1, -0.05) is 0 Å². The lowest BCUT2D eigenvalue weighted by Gasteiger charge is -2.35. The first kappa shape index (κ1) is 25.2. The average molecular weight is 518 g/mol. The molecule has 36 heavy (non-hydrogen) atoms. The minimum Gasteiger partial charge on any atom is -0.395 e. The topological polar surface area (TPSA) is 80.7 Å². The average Bonchev–Trinajstić information content (AvgIpc) is 3.63. The van der Waals surface area contributed by atoms with E-state index in [1.807, 2.05) is 23.1 Å². The SMILES string of the molecule is O=C(Nc1ccnc(N2CCC(F)(F)CC2)c1)c1ccc(SNCCO)cc1N1CCC2(CC1)CC2. The highest BCUT2D eigenvalue weighted by Gasteiger charge is 2.44. The number of aliphatic hydroxyl groups excluding tert-OH is 1. The second kappa shape index (κ2) is 10.5. The monoisotopic (exact) mass is 517 g/mol. The third kappa shape index (κ3) is 5.92. The minimum absolute atomic E-state index is 0.0579. The second-order valence-corrected chi connectivity index (χ2v) is 11.1. The Morgan fingerprint density at radius 2 is 1.72 bits per heavy atom. The molecule has 1 saturated carbocycles. The fourth-order valence-corrected chi connectivity index (χ4v) is 5.70. The number of nitrogens with zero attached hydrogens (tertiary/aromatic N) is 3. The van der Waals surface area contributed by atoms with Crippen LogP contribution in [0.2, 0.25) is 0 Å². The molecule has 5 rings (SSSR count). The maximum absolute atomic E-state index is 13.6. The van der Waals surface area contributed by atoms with Crippen LogP contribution in [0.25, 0.3) is 0 Å². The number of nitrogens with one attached hydrogen (secondary N) is 2. The summed E-state index contributed by atoms with van der Waals surface area (Å²) in [6, 6.07) is 9.28. The van der Waals surface area contributed by atoms with Crippen LogP contribution in [-0.2, 0) is 0 Å². The van der Waals surface area contributed by atoms with Crippen LogP contribution in [0, 0.1) is 5.41 Å². The molecule has 3 heterocycles. The van der Waals surface area contributed by atoms with Crippen molar-refractivity contribution in [3.63, 3.8) is 0 Å². The molecule has 0 radical (unpaired) electrons. The fourth-order valence-electron chi connectivity index (χ4n) is 5.04. The fraction of sp³-hybridized carbons (Fsp3) is 0.538. The molecule has 2 aromatic rings. The summed E-state index contributed by atoms with van der Waals surface area (Å²) in [5.41, 5.74) is 2.63. The lowest BCUT2D eigenvalue weighted by atomic mass is 9.93.